The van der Waals surface area contributed by atoms with Gasteiger partial charge in [-0.3, -0.25) is 0 Å². The van der Waals surface area contributed by atoms with E-state index in [0.29, 0.717) is 11.4 Å². The van der Waals surface area contributed by atoms with Crippen LogP contribution in [0.25, 0.3) is 5.69 Å². The summed E-state index contributed by atoms with van der Waals surface area (Å²) in [6.07, 6.45) is -1.58. The fraction of sp³-hybridized carbons (Fsp3) is 0.182. The van der Waals surface area contributed by atoms with E-state index in [-0.39, 0.29) is 11.6 Å². The maximum absolute atomic E-state index is 12.7. The van der Waals surface area contributed by atoms with Gasteiger partial charge < -0.3 is 10.3 Å². The molecule has 0 fully saturated rings. The highest BCUT2D eigenvalue weighted by Gasteiger charge is 2.33. The summed E-state index contributed by atoms with van der Waals surface area (Å²) in [5, 5.41) is -0.333. The average molecular weight is 276 g/mol. The van der Waals surface area contributed by atoms with Gasteiger partial charge in [0, 0.05) is 18.4 Å². The smallest absolute Gasteiger partial charge is 0.325 e. The highest BCUT2D eigenvalue weighted by molar-refractivity contribution is 6.31. The van der Waals surface area contributed by atoms with Gasteiger partial charge >= 0.3 is 6.18 Å². The van der Waals surface area contributed by atoms with Crippen molar-refractivity contribution in [3.8, 4) is 5.69 Å². The minimum Gasteiger partial charge on any atom is -0.325 e. The largest absolute Gasteiger partial charge is 0.417 e. The van der Waals surface area contributed by atoms with E-state index in [4.69, 9.17) is 17.3 Å². The minimum atomic E-state index is -4.49. The molecule has 2 aromatic rings. The molecular formula is C11H9ClF3N3. The Kier molecular flexibility index (Phi) is 3.32. The van der Waals surface area contributed by atoms with Gasteiger partial charge in [0.15, 0.2) is 0 Å². The Bertz CT molecular complexity index is 563. The van der Waals surface area contributed by atoms with Crippen molar-refractivity contribution < 1.29 is 13.2 Å². The van der Waals surface area contributed by atoms with Gasteiger partial charge in [-0.25, -0.2) is 4.98 Å². The third-order valence-corrected chi connectivity index (χ3v) is 2.79. The van der Waals surface area contributed by atoms with Crippen LogP contribution in [0.15, 0.2) is 30.7 Å². The van der Waals surface area contributed by atoms with Crippen LogP contribution < -0.4 is 5.73 Å². The first-order chi connectivity index (χ1) is 8.43. The maximum atomic E-state index is 12.7. The van der Waals surface area contributed by atoms with E-state index < -0.39 is 11.7 Å². The zero-order valence-electron chi connectivity index (χ0n) is 9.08. The van der Waals surface area contributed by atoms with E-state index in [0.717, 1.165) is 6.07 Å². The molecule has 18 heavy (non-hydrogen) atoms. The highest BCUT2D eigenvalue weighted by atomic mass is 35.5. The molecule has 0 aliphatic heterocycles. The first-order valence-electron chi connectivity index (χ1n) is 5.02. The molecule has 1 aromatic heterocycles. The molecule has 96 valence electrons. The number of imidazole rings is 1. The number of benzene rings is 1. The van der Waals surface area contributed by atoms with E-state index in [1.54, 1.807) is 0 Å². The lowest BCUT2D eigenvalue weighted by Gasteiger charge is -2.12. The van der Waals surface area contributed by atoms with Crippen LogP contribution in [0.1, 0.15) is 11.3 Å². The minimum absolute atomic E-state index is 0.185. The maximum Gasteiger partial charge on any atom is 0.417 e. The van der Waals surface area contributed by atoms with Gasteiger partial charge in [0.25, 0.3) is 0 Å². The molecule has 0 aliphatic rings. The van der Waals surface area contributed by atoms with Gasteiger partial charge in [-0.15, -0.1) is 0 Å². The van der Waals surface area contributed by atoms with Gasteiger partial charge in [-0.1, -0.05) is 11.6 Å². The second kappa shape index (κ2) is 4.62. The number of nitrogens with zero attached hydrogens (tertiary/aromatic N) is 2. The molecule has 3 nitrogen and oxygen atoms in total. The van der Waals surface area contributed by atoms with E-state index in [1.807, 2.05) is 0 Å². The number of hydrogen-bond donors (Lipinski definition) is 1. The zero-order valence-corrected chi connectivity index (χ0v) is 9.83. The SMILES string of the molecule is NCc1cncn1-c1ccc(Cl)c(C(F)(F)F)c1. The van der Waals surface area contributed by atoms with Crippen molar-refractivity contribution >= 4 is 11.6 Å². The van der Waals surface area contributed by atoms with Crippen molar-refractivity contribution in [1.82, 2.24) is 9.55 Å². The predicted octanol–water partition coefficient (Wildman–Crippen LogP) is 3.00. The van der Waals surface area contributed by atoms with Gasteiger partial charge in [0.2, 0.25) is 0 Å². The van der Waals surface area contributed by atoms with E-state index in [2.05, 4.69) is 4.98 Å². The molecule has 0 spiro atoms. The molecule has 0 aliphatic carbocycles. The van der Waals surface area contributed by atoms with Crippen molar-refractivity contribution in [3.63, 3.8) is 0 Å². The van der Waals surface area contributed by atoms with Crippen LogP contribution in [0.2, 0.25) is 5.02 Å². The summed E-state index contributed by atoms with van der Waals surface area (Å²) < 4.78 is 39.6. The summed E-state index contributed by atoms with van der Waals surface area (Å²) in [6.45, 7) is 0.185. The second-order valence-electron chi connectivity index (χ2n) is 3.62. The Labute approximate surface area is 106 Å². The molecule has 0 unspecified atom stereocenters. The Balaban J connectivity index is 2.54. The molecule has 0 saturated carbocycles. The Morgan fingerprint density at radius 3 is 2.67 bits per heavy atom. The third kappa shape index (κ3) is 2.34. The quantitative estimate of drug-likeness (QED) is 0.916. The number of halogens is 4. The van der Waals surface area contributed by atoms with Crippen molar-refractivity contribution in [2.75, 3.05) is 0 Å². The zero-order chi connectivity index (χ0) is 13.3. The molecule has 1 aromatic carbocycles. The van der Waals surface area contributed by atoms with Crippen LogP contribution in [-0.2, 0) is 12.7 Å². The summed E-state index contributed by atoms with van der Waals surface area (Å²) in [5.41, 5.74) is 5.54. The second-order valence-corrected chi connectivity index (χ2v) is 4.03. The summed E-state index contributed by atoms with van der Waals surface area (Å²) >= 11 is 5.55. The fourth-order valence-corrected chi connectivity index (χ4v) is 1.81. The molecule has 2 N–H and O–H groups in total. The molecular weight excluding hydrogens is 267 g/mol. The molecule has 1 heterocycles. The lowest BCUT2D eigenvalue weighted by Crippen LogP contribution is -2.09. The number of aromatic nitrogens is 2. The monoisotopic (exact) mass is 275 g/mol. The Morgan fingerprint density at radius 1 is 1.33 bits per heavy atom. The predicted molar refractivity (Wildman–Crippen MR) is 61.5 cm³/mol. The average Bonchev–Trinajstić information content (AvgIpc) is 2.76. The van der Waals surface area contributed by atoms with Gasteiger partial charge in [0.1, 0.15) is 0 Å². The molecule has 0 atom stereocenters. The van der Waals surface area contributed by atoms with Crippen LogP contribution in [0.5, 0.6) is 0 Å². The van der Waals surface area contributed by atoms with E-state index in [1.165, 1.54) is 29.2 Å². The van der Waals surface area contributed by atoms with Crippen LogP contribution in [-0.4, -0.2) is 9.55 Å². The lowest BCUT2D eigenvalue weighted by molar-refractivity contribution is -0.137. The Hall–Kier alpha value is -1.53. The number of nitrogens with two attached hydrogens (primary N) is 1. The highest BCUT2D eigenvalue weighted by Crippen LogP contribution is 2.35. The molecule has 7 heteroatoms. The summed E-state index contributed by atoms with van der Waals surface area (Å²) in [6, 6.07) is 3.67. The van der Waals surface area contributed by atoms with Crippen molar-refractivity contribution in [2.45, 2.75) is 12.7 Å². The Morgan fingerprint density at radius 2 is 2.06 bits per heavy atom. The van der Waals surface area contributed by atoms with Gasteiger partial charge in [0.05, 0.1) is 22.6 Å². The number of rotatable bonds is 2. The molecule has 0 bridgehead atoms. The van der Waals surface area contributed by atoms with Gasteiger partial charge in [-0.05, 0) is 18.2 Å². The number of alkyl halides is 3. The summed E-state index contributed by atoms with van der Waals surface area (Å²) in [4.78, 5) is 3.85. The van der Waals surface area contributed by atoms with Crippen LogP contribution in [0, 0.1) is 0 Å². The standard InChI is InChI=1S/C11H9ClF3N3/c12-10-2-1-7(3-9(10)11(13,14)15)18-6-17-5-8(18)4-16/h1-3,5-6H,4,16H2. The third-order valence-electron chi connectivity index (χ3n) is 2.46. The van der Waals surface area contributed by atoms with Crippen molar-refractivity contribution in [3.05, 3.63) is 47.0 Å². The molecule has 2 rings (SSSR count). The van der Waals surface area contributed by atoms with Crippen LogP contribution in [0.4, 0.5) is 13.2 Å². The topological polar surface area (TPSA) is 43.8 Å². The van der Waals surface area contributed by atoms with E-state index >= 15 is 0 Å². The fourth-order valence-electron chi connectivity index (χ4n) is 1.59. The molecule has 0 saturated heterocycles. The normalized spacial score (nSPS) is 11.8. The van der Waals surface area contributed by atoms with Crippen molar-refractivity contribution in [1.29, 1.82) is 0 Å². The van der Waals surface area contributed by atoms with Crippen LogP contribution in [0.3, 0.4) is 0 Å². The lowest BCUT2D eigenvalue weighted by atomic mass is 10.2. The summed E-state index contributed by atoms with van der Waals surface area (Å²) in [7, 11) is 0. The molecule has 0 amide bonds. The molecule has 0 radical (unpaired) electrons. The van der Waals surface area contributed by atoms with E-state index in [9.17, 15) is 13.2 Å². The van der Waals surface area contributed by atoms with Crippen LogP contribution >= 0.6 is 11.6 Å². The van der Waals surface area contributed by atoms with Gasteiger partial charge in [-0.2, -0.15) is 13.2 Å². The van der Waals surface area contributed by atoms with Crippen molar-refractivity contribution in [2.24, 2.45) is 5.73 Å². The first-order valence-corrected chi connectivity index (χ1v) is 5.39. The number of hydrogen-bond acceptors (Lipinski definition) is 2. The summed E-state index contributed by atoms with van der Waals surface area (Å²) in [5.74, 6) is 0. The first kappa shape index (κ1) is 12.9.